The second-order valence-electron chi connectivity index (χ2n) is 5.59. The number of ether oxygens (including phenoxy) is 1. The molecule has 1 aliphatic rings. The van der Waals surface area contributed by atoms with E-state index in [2.05, 4.69) is 4.72 Å². The molecule has 0 radical (unpaired) electrons. The summed E-state index contributed by atoms with van der Waals surface area (Å²) in [4.78, 5) is 0.177. The Morgan fingerprint density at radius 1 is 1.33 bits per heavy atom. The van der Waals surface area contributed by atoms with Crippen LogP contribution in [-0.4, -0.2) is 27.7 Å². The van der Waals surface area contributed by atoms with Gasteiger partial charge in [-0.25, -0.2) is 17.5 Å². The van der Waals surface area contributed by atoms with Crippen molar-refractivity contribution in [1.82, 2.24) is 4.72 Å². The first kappa shape index (κ1) is 16.4. The van der Waals surface area contributed by atoms with Crippen molar-refractivity contribution in [2.75, 3.05) is 13.2 Å². The van der Waals surface area contributed by atoms with E-state index in [1.54, 1.807) is 13.8 Å². The third-order valence-electron chi connectivity index (χ3n) is 3.98. The van der Waals surface area contributed by atoms with Crippen molar-refractivity contribution < 1.29 is 17.5 Å². The van der Waals surface area contributed by atoms with Crippen LogP contribution < -0.4 is 4.72 Å². The van der Waals surface area contributed by atoms with E-state index in [0.29, 0.717) is 24.3 Å². The Morgan fingerprint density at radius 2 is 1.95 bits per heavy atom. The molecule has 0 saturated carbocycles. The van der Waals surface area contributed by atoms with E-state index in [0.717, 1.165) is 12.8 Å². The van der Waals surface area contributed by atoms with Gasteiger partial charge in [0, 0.05) is 19.1 Å². The van der Waals surface area contributed by atoms with E-state index >= 15 is 0 Å². The molecule has 2 atom stereocenters. The average Bonchev–Trinajstić information content (AvgIpc) is 2.82. The summed E-state index contributed by atoms with van der Waals surface area (Å²) in [6.45, 7) is 6.29. The van der Waals surface area contributed by atoms with Crippen molar-refractivity contribution in [2.24, 2.45) is 5.92 Å². The first-order chi connectivity index (χ1) is 9.85. The van der Waals surface area contributed by atoms with Crippen molar-refractivity contribution in [1.29, 1.82) is 0 Å². The molecule has 1 saturated heterocycles. The van der Waals surface area contributed by atoms with Gasteiger partial charge in [-0.1, -0.05) is 6.92 Å². The zero-order valence-corrected chi connectivity index (χ0v) is 13.5. The van der Waals surface area contributed by atoms with Crippen LogP contribution in [0.5, 0.6) is 0 Å². The fraction of sp³-hybridized carbons (Fsp3) is 0.600. The maximum Gasteiger partial charge on any atom is 0.241 e. The van der Waals surface area contributed by atoms with Gasteiger partial charge in [0.15, 0.2) is 0 Å². The minimum Gasteiger partial charge on any atom is -0.378 e. The molecule has 0 aromatic heterocycles. The molecule has 0 amide bonds. The summed E-state index contributed by atoms with van der Waals surface area (Å²) < 4.78 is 46.4. The predicted molar refractivity (Wildman–Crippen MR) is 79.2 cm³/mol. The van der Waals surface area contributed by atoms with Crippen LogP contribution in [-0.2, 0) is 14.8 Å². The van der Waals surface area contributed by atoms with E-state index < -0.39 is 15.8 Å². The highest BCUT2D eigenvalue weighted by molar-refractivity contribution is 7.89. The third kappa shape index (κ3) is 3.62. The number of benzene rings is 1. The summed E-state index contributed by atoms with van der Waals surface area (Å²) in [6.07, 6.45) is 1.85. The van der Waals surface area contributed by atoms with Gasteiger partial charge < -0.3 is 4.74 Å². The maximum atomic E-state index is 13.3. The molecule has 0 spiro atoms. The molecular formula is C15H22FNO3S. The lowest BCUT2D eigenvalue weighted by molar-refractivity contribution is 0.0884. The van der Waals surface area contributed by atoms with Crippen LogP contribution in [0, 0.1) is 25.6 Å². The second kappa shape index (κ2) is 6.42. The fourth-order valence-corrected chi connectivity index (χ4v) is 4.53. The van der Waals surface area contributed by atoms with E-state index in [1.807, 2.05) is 6.92 Å². The van der Waals surface area contributed by atoms with E-state index in [1.165, 1.54) is 12.1 Å². The minimum absolute atomic E-state index is 0.114. The Labute approximate surface area is 125 Å². The summed E-state index contributed by atoms with van der Waals surface area (Å²) in [7, 11) is -3.63. The lowest BCUT2D eigenvalue weighted by atomic mass is 10.0. The van der Waals surface area contributed by atoms with Gasteiger partial charge in [-0.05, 0) is 49.9 Å². The van der Waals surface area contributed by atoms with Gasteiger partial charge in [-0.2, -0.15) is 0 Å². The number of aryl methyl sites for hydroxylation is 2. The highest BCUT2D eigenvalue weighted by atomic mass is 32.2. The maximum absolute atomic E-state index is 13.3. The van der Waals surface area contributed by atoms with Crippen molar-refractivity contribution >= 4 is 10.0 Å². The minimum atomic E-state index is -3.63. The summed E-state index contributed by atoms with van der Waals surface area (Å²) in [5.74, 6) is -0.218. The first-order valence-electron chi connectivity index (χ1n) is 7.23. The average molecular weight is 315 g/mol. The van der Waals surface area contributed by atoms with Crippen LogP contribution in [0.3, 0.4) is 0 Å². The molecule has 1 aromatic carbocycles. The summed E-state index contributed by atoms with van der Waals surface area (Å²) >= 11 is 0. The number of sulfonamides is 1. The molecule has 1 aliphatic heterocycles. The lowest BCUT2D eigenvalue weighted by Gasteiger charge is -2.18. The Kier molecular flexibility index (Phi) is 5.01. The van der Waals surface area contributed by atoms with Crippen LogP contribution >= 0.6 is 0 Å². The number of hydrogen-bond acceptors (Lipinski definition) is 3. The quantitative estimate of drug-likeness (QED) is 0.908. The second-order valence-corrected chi connectivity index (χ2v) is 7.29. The highest BCUT2D eigenvalue weighted by Gasteiger charge is 2.29. The number of nitrogens with one attached hydrogen (secondary N) is 1. The van der Waals surface area contributed by atoms with Crippen LogP contribution in [0.4, 0.5) is 4.39 Å². The summed E-state index contributed by atoms with van der Waals surface area (Å²) in [5, 5.41) is 0. The van der Waals surface area contributed by atoms with Crippen LogP contribution in [0.1, 0.15) is 30.9 Å². The van der Waals surface area contributed by atoms with E-state index in [9.17, 15) is 12.8 Å². The fourth-order valence-electron chi connectivity index (χ4n) is 2.99. The van der Waals surface area contributed by atoms with Crippen LogP contribution in [0.2, 0.25) is 0 Å². The molecule has 1 aromatic rings. The molecule has 2 rings (SSSR count). The molecule has 4 nitrogen and oxygen atoms in total. The first-order valence-corrected chi connectivity index (χ1v) is 8.71. The standard InChI is InChI=1S/C15H22FNO3S/c1-4-14-12(5-6-20-14)9-17-21(18,19)15-10(2)7-13(16)8-11(15)3/h7-8,12,14,17H,4-6,9H2,1-3H3. The lowest BCUT2D eigenvalue weighted by Crippen LogP contribution is -2.33. The number of hydrogen-bond donors (Lipinski definition) is 1. The molecule has 2 unspecified atom stereocenters. The SMILES string of the molecule is CCC1OCCC1CNS(=O)(=O)c1c(C)cc(F)cc1C. The topological polar surface area (TPSA) is 55.4 Å². The predicted octanol–water partition coefficient (Wildman–Crippen LogP) is 2.54. The van der Waals surface area contributed by atoms with Crippen molar-refractivity contribution in [3.05, 3.63) is 29.1 Å². The molecule has 1 fully saturated rings. The molecule has 1 heterocycles. The van der Waals surface area contributed by atoms with Gasteiger partial charge in [0.25, 0.3) is 0 Å². The Balaban J connectivity index is 2.16. The highest BCUT2D eigenvalue weighted by Crippen LogP contribution is 2.25. The zero-order valence-electron chi connectivity index (χ0n) is 12.6. The Hall–Kier alpha value is -0.980. The van der Waals surface area contributed by atoms with Crippen LogP contribution in [0.25, 0.3) is 0 Å². The largest absolute Gasteiger partial charge is 0.378 e. The summed E-state index contributed by atoms with van der Waals surface area (Å²) in [5.41, 5.74) is 0.851. The van der Waals surface area contributed by atoms with Gasteiger partial charge in [-0.3, -0.25) is 0 Å². The molecule has 1 N–H and O–H groups in total. The molecule has 6 heteroatoms. The van der Waals surface area contributed by atoms with Gasteiger partial charge in [-0.15, -0.1) is 0 Å². The Morgan fingerprint density at radius 3 is 2.52 bits per heavy atom. The van der Waals surface area contributed by atoms with Gasteiger partial charge in [0.2, 0.25) is 10.0 Å². The third-order valence-corrected chi connectivity index (χ3v) is 5.71. The molecule has 0 aliphatic carbocycles. The van der Waals surface area contributed by atoms with Crippen molar-refractivity contribution in [2.45, 2.75) is 44.6 Å². The number of rotatable bonds is 5. The molecule has 118 valence electrons. The van der Waals surface area contributed by atoms with E-state index in [4.69, 9.17) is 4.74 Å². The zero-order chi connectivity index (χ0) is 15.6. The van der Waals surface area contributed by atoms with Gasteiger partial charge in [0.05, 0.1) is 11.0 Å². The van der Waals surface area contributed by atoms with Gasteiger partial charge in [0.1, 0.15) is 5.82 Å². The number of halogens is 1. The van der Waals surface area contributed by atoms with Crippen LogP contribution in [0.15, 0.2) is 17.0 Å². The van der Waals surface area contributed by atoms with Crippen molar-refractivity contribution in [3.63, 3.8) is 0 Å². The molecule has 0 bridgehead atoms. The van der Waals surface area contributed by atoms with Crippen molar-refractivity contribution in [3.8, 4) is 0 Å². The Bertz CT molecular complexity index is 592. The molecule has 21 heavy (non-hydrogen) atoms. The van der Waals surface area contributed by atoms with Gasteiger partial charge >= 0.3 is 0 Å². The molecular weight excluding hydrogens is 293 g/mol. The van der Waals surface area contributed by atoms with E-state index in [-0.39, 0.29) is 16.9 Å². The smallest absolute Gasteiger partial charge is 0.241 e. The normalized spacial score (nSPS) is 22.7. The monoisotopic (exact) mass is 315 g/mol. The summed E-state index contributed by atoms with van der Waals surface area (Å²) in [6, 6.07) is 2.49.